The summed E-state index contributed by atoms with van der Waals surface area (Å²) in [4.78, 5) is 13.4. The van der Waals surface area contributed by atoms with Crippen molar-refractivity contribution in [1.82, 2.24) is 20.3 Å². The van der Waals surface area contributed by atoms with Gasteiger partial charge in [-0.05, 0) is 18.1 Å². The fourth-order valence-corrected chi connectivity index (χ4v) is 3.41. The smallest absolute Gasteiger partial charge is 0.232 e. The number of ether oxygens (including phenoxy) is 1. The van der Waals surface area contributed by atoms with Gasteiger partial charge in [-0.15, -0.1) is 5.10 Å². The molecule has 0 radical (unpaired) electrons. The van der Waals surface area contributed by atoms with Crippen LogP contribution in [-0.2, 0) is 11.3 Å². The molecule has 1 aliphatic rings. The van der Waals surface area contributed by atoms with Crippen LogP contribution in [0.25, 0.3) is 0 Å². The van der Waals surface area contributed by atoms with Crippen molar-refractivity contribution < 1.29 is 9.53 Å². The molecule has 1 amide bonds. The van der Waals surface area contributed by atoms with Gasteiger partial charge in [-0.25, -0.2) is 0 Å². The number of hydrogen-bond acceptors (Lipinski definition) is 4. The molecule has 1 atom stereocenters. The number of hydrogen-bond donors (Lipinski definition) is 1. The Balaban J connectivity index is 1.64. The van der Waals surface area contributed by atoms with E-state index in [-0.39, 0.29) is 17.9 Å². The molecular weight excluding hydrogens is 340 g/mol. The number of para-hydroxylation sites is 2. The Morgan fingerprint density at radius 1 is 1.11 bits per heavy atom. The number of aromatic nitrogens is 3. The maximum Gasteiger partial charge on any atom is 0.232 e. The fraction of sp³-hybridized carbons (Fsp3) is 0.286. The molecular formula is C21H22N4O2. The van der Waals surface area contributed by atoms with Crippen molar-refractivity contribution in [2.45, 2.75) is 32.4 Å². The van der Waals surface area contributed by atoms with E-state index in [2.05, 4.69) is 29.5 Å². The lowest BCUT2D eigenvalue weighted by molar-refractivity contribution is -0.123. The summed E-state index contributed by atoms with van der Waals surface area (Å²) in [6.45, 7) is 4.76. The zero-order valence-electron chi connectivity index (χ0n) is 15.4. The molecule has 0 aliphatic carbocycles. The van der Waals surface area contributed by atoms with Gasteiger partial charge in [-0.3, -0.25) is 9.48 Å². The van der Waals surface area contributed by atoms with Crippen LogP contribution in [0.2, 0.25) is 0 Å². The van der Waals surface area contributed by atoms with Crippen LogP contribution in [-0.4, -0.2) is 26.9 Å². The summed E-state index contributed by atoms with van der Waals surface area (Å²) >= 11 is 0. The van der Waals surface area contributed by atoms with Crippen molar-refractivity contribution in [3.63, 3.8) is 0 Å². The largest absolute Gasteiger partial charge is 0.457 e. The molecule has 1 unspecified atom stereocenters. The predicted molar refractivity (Wildman–Crippen MR) is 102 cm³/mol. The van der Waals surface area contributed by atoms with Crippen LogP contribution in [0.4, 0.5) is 0 Å². The summed E-state index contributed by atoms with van der Waals surface area (Å²) in [5, 5.41) is 11.1. The first kappa shape index (κ1) is 17.3. The first-order valence-corrected chi connectivity index (χ1v) is 9.13. The average molecular weight is 362 g/mol. The summed E-state index contributed by atoms with van der Waals surface area (Å²) in [6.07, 6.45) is 3.45. The Morgan fingerprint density at radius 3 is 2.30 bits per heavy atom. The predicted octanol–water partition coefficient (Wildman–Crippen LogP) is 3.36. The minimum Gasteiger partial charge on any atom is -0.457 e. The molecule has 0 saturated carbocycles. The van der Waals surface area contributed by atoms with Crippen molar-refractivity contribution in [1.29, 1.82) is 0 Å². The van der Waals surface area contributed by atoms with E-state index in [1.54, 1.807) is 17.1 Å². The minimum atomic E-state index is -0.400. The molecule has 1 aromatic heterocycles. The van der Waals surface area contributed by atoms with E-state index in [4.69, 9.17) is 4.74 Å². The molecule has 0 fully saturated rings. The van der Waals surface area contributed by atoms with Gasteiger partial charge < -0.3 is 10.1 Å². The third-order valence-corrected chi connectivity index (χ3v) is 4.93. The van der Waals surface area contributed by atoms with Gasteiger partial charge in [0.25, 0.3) is 0 Å². The van der Waals surface area contributed by atoms with E-state index in [0.717, 1.165) is 22.6 Å². The summed E-state index contributed by atoms with van der Waals surface area (Å²) < 4.78 is 7.74. The van der Waals surface area contributed by atoms with E-state index < -0.39 is 5.92 Å². The Morgan fingerprint density at radius 2 is 1.74 bits per heavy atom. The number of nitrogens with zero attached hydrogens (tertiary/aromatic N) is 3. The molecule has 0 spiro atoms. The third kappa shape index (κ3) is 3.43. The van der Waals surface area contributed by atoms with Gasteiger partial charge in [0, 0.05) is 17.3 Å². The van der Waals surface area contributed by atoms with Gasteiger partial charge in [0.2, 0.25) is 5.91 Å². The lowest BCUT2D eigenvalue weighted by Gasteiger charge is -2.30. The molecule has 0 bridgehead atoms. The van der Waals surface area contributed by atoms with Gasteiger partial charge in [0.05, 0.1) is 24.7 Å². The van der Waals surface area contributed by atoms with Gasteiger partial charge in [-0.1, -0.05) is 55.5 Å². The van der Waals surface area contributed by atoms with Crippen molar-refractivity contribution in [3.8, 4) is 11.5 Å². The highest BCUT2D eigenvalue weighted by Crippen LogP contribution is 2.43. The Labute approximate surface area is 158 Å². The number of rotatable bonds is 5. The molecule has 6 nitrogen and oxygen atoms in total. The topological polar surface area (TPSA) is 69.0 Å². The number of fused-ring (bicyclic) bond motifs is 2. The second-order valence-electron chi connectivity index (χ2n) is 7.09. The zero-order chi connectivity index (χ0) is 18.8. The lowest BCUT2D eigenvalue weighted by atomic mass is 9.86. The molecule has 4 rings (SSSR count). The Hall–Kier alpha value is -3.15. The molecule has 138 valence electrons. The second-order valence-corrected chi connectivity index (χ2v) is 7.09. The highest BCUT2D eigenvalue weighted by Gasteiger charge is 2.33. The van der Waals surface area contributed by atoms with Gasteiger partial charge in [0.1, 0.15) is 11.5 Å². The van der Waals surface area contributed by atoms with Crippen molar-refractivity contribution >= 4 is 5.91 Å². The van der Waals surface area contributed by atoms with Gasteiger partial charge >= 0.3 is 0 Å². The summed E-state index contributed by atoms with van der Waals surface area (Å²) in [6, 6.07) is 15.4. The van der Waals surface area contributed by atoms with E-state index >= 15 is 0 Å². The van der Waals surface area contributed by atoms with Crippen LogP contribution in [0.15, 0.2) is 60.9 Å². The van der Waals surface area contributed by atoms with E-state index in [1.807, 2.05) is 48.5 Å². The lowest BCUT2D eigenvalue weighted by Crippen LogP contribution is -2.44. The first-order chi connectivity index (χ1) is 13.1. The van der Waals surface area contributed by atoms with Crippen LogP contribution in [0, 0.1) is 5.92 Å². The van der Waals surface area contributed by atoms with E-state index in [0.29, 0.717) is 6.54 Å². The Bertz CT molecular complexity index is 891. The van der Waals surface area contributed by atoms with Crippen LogP contribution in [0.3, 0.4) is 0 Å². The molecule has 3 aromatic rings. The Kier molecular flexibility index (Phi) is 4.62. The number of nitrogens with one attached hydrogen (secondary N) is 1. The van der Waals surface area contributed by atoms with Crippen LogP contribution < -0.4 is 10.1 Å². The van der Waals surface area contributed by atoms with Crippen molar-refractivity contribution in [3.05, 3.63) is 72.1 Å². The molecule has 0 saturated heterocycles. The van der Waals surface area contributed by atoms with E-state index in [9.17, 15) is 4.79 Å². The van der Waals surface area contributed by atoms with Crippen LogP contribution >= 0.6 is 0 Å². The average Bonchev–Trinajstić information content (AvgIpc) is 3.18. The summed E-state index contributed by atoms with van der Waals surface area (Å²) in [7, 11) is 0. The summed E-state index contributed by atoms with van der Waals surface area (Å²) in [5.74, 6) is 1.28. The fourth-order valence-electron chi connectivity index (χ4n) is 3.41. The monoisotopic (exact) mass is 362 g/mol. The molecule has 1 aliphatic heterocycles. The molecule has 1 N–H and O–H groups in total. The molecule has 27 heavy (non-hydrogen) atoms. The number of carbonyl (C=O) groups is 1. The first-order valence-electron chi connectivity index (χ1n) is 9.13. The minimum absolute atomic E-state index is 0.0305. The third-order valence-electron chi connectivity index (χ3n) is 4.93. The zero-order valence-corrected chi connectivity index (χ0v) is 15.4. The summed E-state index contributed by atoms with van der Waals surface area (Å²) in [5.41, 5.74) is 1.77. The number of amides is 1. The van der Waals surface area contributed by atoms with Crippen molar-refractivity contribution in [2.24, 2.45) is 5.92 Å². The number of benzene rings is 2. The van der Waals surface area contributed by atoms with Crippen LogP contribution in [0.1, 0.15) is 30.9 Å². The van der Waals surface area contributed by atoms with Crippen molar-refractivity contribution in [2.75, 3.05) is 0 Å². The highest BCUT2D eigenvalue weighted by molar-refractivity contribution is 5.89. The SMILES string of the molecule is CC(C)C(Cn1ccnn1)NC(=O)C1c2ccccc2Oc2ccccc21. The van der Waals surface area contributed by atoms with Gasteiger partial charge in [0.15, 0.2) is 0 Å². The maximum atomic E-state index is 13.4. The maximum absolute atomic E-state index is 13.4. The second kappa shape index (κ2) is 7.23. The molecule has 2 aromatic carbocycles. The van der Waals surface area contributed by atoms with Gasteiger partial charge in [-0.2, -0.15) is 0 Å². The molecule has 6 heteroatoms. The van der Waals surface area contributed by atoms with Crippen LogP contribution in [0.5, 0.6) is 11.5 Å². The van der Waals surface area contributed by atoms with E-state index in [1.165, 1.54) is 0 Å². The highest BCUT2D eigenvalue weighted by atomic mass is 16.5. The number of carbonyl (C=O) groups excluding carboxylic acids is 1. The standard InChI is InChI=1S/C21H22N4O2/c1-14(2)17(13-25-12-11-22-24-25)23-21(26)20-15-7-3-5-9-18(15)27-19-10-6-4-8-16(19)20/h3-12,14,17,20H,13H2,1-2H3,(H,23,26). The molecule has 2 heterocycles. The quantitative estimate of drug-likeness (QED) is 0.756. The normalized spacial score (nSPS) is 14.2.